The lowest BCUT2D eigenvalue weighted by atomic mass is 10.00. The topological polar surface area (TPSA) is 9.23 Å². The molecule has 1 nitrogen and oxygen atoms in total. The van der Waals surface area contributed by atoms with Crippen LogP contribution in [0.4, 0.5) is 0 Å². The van der Waals surface area contributed by atoms with Gasteiger partial charge < -0.3 is 4.74 Å². The van der Waals surface area contributed by atoms with Crippen molar-refractivity contribution in [2.45, 2.75) is 44.4 Å². The van der Waals surface area contributed by atoms with E-state index in [-0.39, 0.29) is 0 Å². The largest absolute Gasteiger partial charge is 0.493 e. The summed E-state index contributed by atoms with van der Waals surface area (Å²) in [6.07, 6.45) is 4.54. The van der Waals surface area contributed by atoms with Crippen LogP contribution in [-0.4, -0.2) is 11.4 Å². The van der Waals surface area contributed by atoms with Gasteiger partial charge in [0.1, 0.15) is 5.75 Å². The molecule has 1 aromatic rings. The third kappa shape index (κ3) is 3.74. The number of halogens is 2. The minimum absolute atomic E-state index is 0.605. The predicted molar refractivity (Wildman–Crippen MR) is 83.8 cm³/mol. The normalized spacial score (nSPS) is 15.6. The molecule has 0 bridgehead atoms. The van der Waals surface area contributed by atoms with Gasteiger partial charge in [0, 0.05) is 15.7 Å². The molecule has 2 rings (SSSR count). The summed E-state index contributed by atoms with van der Waals surface area (Å²) in [7, 11) is 0. The quantitative estimate of drug-likeness (QED) is 0.648. The molecule has 0 saturated carbocycles. The van der Waals surface area contributed by atoms with Crippen molar-refractivity contribution in [1.82, 2.24) is 0 Å². The standard InChI is InChI=1S/C15H20Br2O/c1-10(2)7-13(16)4-3-11-8-14(17)9-12-5-6-18-15(11)12/h8-10,13H,3-7H2,1-2H3. The second-order valence-corrected chi connectivity index (χ2v) is 7.63. The van der Waals surface area contributed by atoms with E-state index in [0.29, 0.717) is 4.83 Å². The highest BCUT2D eigenvalue weighted by Gasteiger charge is 2.18. The van der Waals surface area contributed by atoms with Crippen LogP contribution in [0.5, 0.6) is 5.75 Å². The molecule has 1 aliphatic heterocycles. The van der Waals surface area contributed by atoms with E-state index in [1.807, 2.05) is 0 Å². The average Bonchev–Trinajstić information content (AvgIpc) is 2.72. The Morgan fingerprint density at radius 1 is 1.33 bits per heavy atom. The molecule has 0 fully saturated rings. The number of fused-ring (bicyclic) bond motifs is 1. The van der Waals surface area contributed by atoms with Crippen LogP contribution in [-0.2, 0) is 12.8 Å². The second-order valence-electron chi connectivity index (χ2n) is 5.42. The smallest absolute Gasteiger partial charge is 0.125 e. The fraction of sp³-hybridized carbons (Fsp3) is 0.600. The maximum Gasteiger partial charge on any atom is 0.125 e. The second kappa shape index (κ2) is 6.42. The van der Waals surface area contributed by atoms with Gasteiger partial charge in [-0.15, -0.1) is 0 Å². The molecule has 3 heteroatoms. The molecule has 0 aromatic heterocycles. The monoisotopic (exact) mass is 374 g/mol. The zero-order valence-electron chi connectivity index (χ0n) is 11.0. The van der Waals surface area contributed by atoms with Crippen LogP contribution in [0.25, 0.3) is 0 Å². The Morgan fingerprint density at radius 2 is 2.11 bits per heavy atom. The van der Waals surface area contributed by atoms with Crippen molar-refractivity contribution in [3.05, 3.63) is 27.7 Å². The summed E-state index contributed by atoms with van der Waals surface area (Å²) in [5, 5.41) is 0. The van der Waals surface area contributed by atoms with Gasteiger partial charge in [-0.05, 0) is 48.4 Å². The maximum atomic E-state index is 5.76. The van der Waals surface area contributed by atoms with Crippen molar-refractivity contribution < 1.29 is 4.74 Å². The molecule has 1 aromatic carbocycles. The summed E-state index contributed by atoms with van der Waals surface area (Å²) in [6, 6.07) is 4.39. The van der Waals surface area contributed by atoms with E-state index in [2.05, 4.69) is 57.8 Å². The molecule has 0 saturated heterocycles. The van der Waals surface area contributed by atoms with Crippen LogP contribution in [0.2, 0.25) is 0 Å². The first-order valence-electron chi connectivity index (χ1n) is 6.64. The average molecular weight is 376 g/mol. The van der Waals surface area contributed by atoms with E-state index in [0.717, 1.165) is 31.1 Å². The van der Waals surface area contributed by atoms with Gasteiger partial charge in [-0.3, -0.25) is 0 Å². The van der Waals surface area contributed by atoms with Crippen molar-refractivity contribution >= 4 is 31.9 Å². The first-order valence-corrected chi connectivity index (χ1v) is 8.35. The third-order valence-electron chi connectivity index (χ3n) is 3.28. The lowest BCUT2D eigenvalue weighted by Crippen LogP contribution is -2.05. The zero-order chi connectivity index (χ0) is 13.1. The Kier molecular flexibility index (Phi) is 5.14. The first kappa shape index (κ1) is 14.4. The summed E-state index contributed by atoms with van der Waals surface area (Å²) in [4.78, 5) is 0.605. The number of hydrogen-bond acceptors (Lipinski definition) is 1. The van der Waals surface area contributed by atoms with Crippen molar-refractivity contribution in [2.24, 2.45) is 5.92 Å². The molecule has 1 aliphatic rings. The number of aryl methyl sites for hydroxylation is 1. The van der Waals surface area contributed by atoms with Crippen molar-refractivity contribution in [3.63, 3.8) is 0 Å². The van der Waals surface area contributed by atoms with Crippen LogP contribution in [0, 0.1) is 5.92 Å². The molecule has 1 unspecified atom stereocenters. The Morgan fingerprint density at radius 3 is 2.83 bits per heavy atom. The summed E-state index contributed by atoms with van der Waals surface area (Å²) >= 11 is 7.38. The molecule has 0 aliphatic carbocycles. The Bertz CT molecular complexity index is 415. The van der Waals surface area contributed by atoms with Gasteiger partial charge in [-0.1, -0.05) is 45.7 Å². The molecule has 0 N–H and O–H groups in total. The molecule has 100 valence electrons. The van der Waals surface area contributed by atoms with Crippen LogP contribution >= 0.6 is 31.9 Å². The van der Waals surface area contributed by atoms with E-state index < -0.39 is 0 Å². The van der Waals surface area contributed by atoms with Crippen molar-refractivity contribution in [1.29, 1.82) is 0 Å². The van der Waals surface area contributed by atoms with Crippen LogP contribution < -0.4 is 4.74 Å². The number of ether oxygens (including phenoxy) is 1. The van der Waals surface area contributed by atoms with Crippen LogP contribution in [0.1, 0.15) is 37.8 Å². The van der Waals surface area contributed by atoms with Gasteiger partial charge in [0.2, 0.25) is 0 Å². The Labute approximate surface area is 127 Å². The minimum Gasteiger partial charge on any atom is -0.493 e. The minimum atomic E-state index is 0.605. The van der Waals surface area contributed by atoms with Gasteiger partial charge in [0.15, 0.2) is 0 Å². The molecule has 18 heavy (non-hydrogen) atoms. The van der Waals surface area contributed by atoms with Gasteiger partial charge >= 0.3 is 0 Å². The fourth-order valence-corrected chi connectivity index (χ4v) is 4.00. The molecule has 1 atom stereocenters. The lowest BCUT2D eigenvalue weighted by Gasteiger charge is -2.14. The van der Waals surface area contributed by atoms with Gasteiger partial charge in [-0.2, -0.15) is 0 Å². The van der Waals surface area contributed by atoms with Gasteiger partial charge in [0.05, 0.1) is 6.61 Å². The van der Waals surface area contributed by atoms with Crippen molar-refractivity contribution in [3.8, 4) is 5.75 Å². The Balaban J connectivity index is 2.01. The number of benzene rings is 1. The van der Waals surface area contributed by atoms with E-state index in [4.69, 9.17) is 4.74 Å². The van der Waals surface area contributed by atoms with E-state index in [1.165, 1.54) is 28.4 Å². The van der Waals surface area contributed by atoms with E-state index in [1.54, 1.807) is 0 Å². The summed E-state index contributed by atoms with van der Waals surface area (Å²) in [5.41, 5.74) is 2.71. The maximum absolute atomic E-state index is 5.76. The molecule has 0 radical (unpaired) electrons. The highest BCUT2D eigenvalue weighted by Crippen LogP contribution is 2.34. The molecule has 0 spiro atoms. The van der Waals surface area contributed by atoms with E-state index >= 15 is 0 Å². The van der Waals surface area contributed by atoms with Crippen molar-refractivity contribution in [2.75, 3.05) is 6.61 Å². The van der Waals surface area contributed by atoms with Crippen LogP contribution in [0.3, 0.4) is 0 Å². The van der Waals surface area contributed by atoms with Gasteiger partial charge in [0.25, 0.3) is 0 Å². The Hall–Kier alpha value is -0.0200. The highest BCUT2D eigenvalue weighted by molar-refractivity contribution is 9.10. The van der Waals surface area contributed by atoms with E-state index in [9.17, 15) is 0 Å². The highest BCUT2D eigenvalue weighted by atomic mass is 79.9. The van der Waals surface area contributed by atoms with Gasteiger partial charge in [-0.25, -0.2) is 0 Å². The number of hydrogen-bond donors (Lipinski definition) is 0. The first-order chi connectivity index (χ1) is 8.56. The summed E-state index contributed by atoms with van der Waals surface area (Å²) < 4.78 is 6.94. The third-order valence-corrected chi connectivity index (χ3v) is 4.57. The number of alkyl halides is 1. The molecular weight excluding hydrogens is 356 g/mol. The summed E-state index contributed by atoms with van der Waals surface area (Å²) in [6.45, 7) is 5.38. The molecular formula is C15H20Br2O. The molecule has 0 amide bonds. The zero-order valence-corrected chi connectivity index (χ0v) is 14.2. The lowest BCUT2D eigenvalue weighted by molar-refractivity contribution is 0.353. The predicted octanol–water partition coefficient (Wildman–Crippen LogP) is 5.13. The number of rotatable bonds is 5. The molecule has 1 heterocycles. The SMILES string of the molecule is CC(C)CC(Br)CCc1cc(Br)cc2c1OCC2. The summed E-state index contributed by atoms with van der Waals surface area (Å²) in [5.74, 6) is 1.89. The fourth-order valence-electron chi connectivity index (χ4n) is 2.47. The van der Waals surface area contributed by atoms with Crippen LogP contribution in [0.15, 0.2) is 16.6 Å².